The number of carbonyl (C=O) groups is 1. The first-order valence-electron chi connectivity index (χ1n) is 14.5. The standard InChI is InChI=1S/C29H34ClF4N7O2S/c1-3-43-23(42)6-8-39-9-11-40(12-10-39)27-24(30)26(35-17-36-27)38-28-37-25(22(44-28)16-41-7-4-5-18(41)2)19-13-20(29(32,33)34)15-21(31)14-19/h13-15,17-18H,3-12,16H2,1-2H3,(H,35,36,37,38)/t18-/m1/s1. The molecule has 9 nitrogen and oxygen atoms in total. The van der Waals surface area contributed by atoms with Gasteiger partial charge in [0.2, 0.25) is 0 Å². The lowest BCUT2D eigenvalue weighted by Gasteiger charge is -2.35. The van der Waals surface area contributed by atoms with Gasteiger partial charge in [-0.1, -0.05) is 22.9 Å². The van der Waals surface area contributed by atoms with Crippen LogP contribution in [0, 0.1) is 5.82 Å². The van der Waals surface area contributed by atoms with E-state index in [1.165, 1.54) is 17.7 Å². The van der Waals surface area contributed by atoms with Gasteiger partial charge in [0, 0.05) is 55.8 Å². The van der Waals surface area contributed by atoms with Crippen molar-refractivity contribution >= 4 is 45.7 Å². The van der Waals surface area contributed by atoms with Crippen LogP contribution in [0.25, 0.3) is 11.3 Å². The largest absolute Gasteiger partial charge is 0.466 e. The molecule has 238 valence electrons. The highest BCUT2D eigenvalue weighted by Crippen LogP contribution is 2.39. The molecular weight excluding hydrogens is 622 g/mol. The Kier molecular flexibility index (Phi) is 10.2. The number of alkyl halides is 3. The van der Waals surface area contributed by atoms with Crippen LogP contribution in [0.15, 0.2) is 24.5 Å². The maximum Gasteiger partial charge on any atom is 0.416 e. The lowest BCUT2D eigenvalue weighted by molar-refractivity contribution is -0.143. The highest BCUT2D eigenvalue weighted by Gasteiger charge is 2.32. The maximum absolute atomic E-state index is 14.4. The minimum Gasteiger partial charge on any atom is -0.466 e. The number of halogens is 5. The number of ether oxygens (including phenoxy) is 1. The van der Waals surface area contributed by atoms with Crippen molar-refractivity contribution in [1.82, 2.24) is 24.8 Å². The quantitative estimate of drug-likeness (QED) is 0.202. The van der Waals surface area contributed by atoms with E-state index in [2.05, 4.69) is 37.0 Å². The van der Waals surface area contributed by atoms with Crippen molar-refractivity contribution in [2.45, 2.75) is 51.9 Å². The van der Waals surface area contributed by atoms with Crippen LogP contribution in [0.5, 0.6) is 0 Å². The number of aromatic nitrogens is 3. The van der Waals surface area contributed by atoms with E-state index in [0.29, 0.717) is 86.0 Å². The van der Waals surface area contributed by atoms with Crippen LogP contribution in [-0.2, 0) is 22.3 Å². The molecule has 0 unspecified atom stereocenters. The third-order valence-electron chi connectivity index (χ3n) is 7.84. The Morgan fingerprint density at radius 2 is 1.93 bits per heavy atom. The fourth-order valence-corrected chi connectivity index (χ4v) is 6.75. The molecule has 4 heterocycles. The van der Waals surface area contributed by atoms with Crippen molar-refractivity contribution in [2.75, 3.05) is 56.1 Å². The van der Waals surface area contributed by atoms with Crippen LogP contribution in [0.3, 0.4) is 0 Å². The average molecular weight is 656 g/mol. The Labute approximate surface area is 262 Å². The number of hydrogen-bond donors (Lipinski definition) is 1. The van der Waals surface area contributed by atoms with E-state index in [1.807, 2.05) is 4.90 Å². The van der Waals surface area contributed by atoms with Crippen LogP contribution in [0.2, 0.25) is 5.02 Å². The van der Waals surface area contributed by atoms with E-state index in [9.17, 15) is 22.4 Å². The first-order chi connectivity index (χ1) is 21.0. The summed E-state index contributed by atoms with van der Waals surface area (Å²) >= 11 is 8.04. The van der Waals surface area contributed by atoms with Gasteiger partial charge in [-0.25, -0.2) is 19.3 Å². The molecule has 44 heavy (non-hydrogen) atoms. The predicted molar refractivity (Wildman–Crippen MR) is 162 cm³/mol. The third kappa shape index (κ3) is 7.76. The third-order valence-corrected chi connectivity index (χ3v) is 9.14. The van der Waals surface area contributed by atoms with Crippen LogP contribution in [0.4, 0.5) is 34.3 Å². The van der Waals surface area contributed by atoms with Gasteiger partial charge in [0.15, 0.2) is 16.8 Å². The number of rotatable bonds is 10. The lowest BCUT2D eigenvalue weighted by atomic mass is 10.1. The Morgan fingerprint density at radius 3 is 2.61 bits per heavy atom. The summed E-state index contributed by atoms with van der Waals surface area (Å²) in [5, 5.41) is 3.78. The molecule has 15 heteroatoms. The second kappa shape index (κ2) is 13.9. The molecule has 1 aromatic carbocycles. The summed E-state index contributed by atoms with van der Waals surface area (Å²) in [4.78, 5) is 32.2. The number of likely N-dealkylation sites (tertiary alicyclic amines) is 1. The summed E-state index contributed by atoms with van der Waals surface area (Å²) in [6, 6.07) is 2.80. The topological polar surface area (TPSA) is 86.7 Å². The van der Waals surface area contributed by atoms with Crippen LogP contribution in [0.1, 0.15) is 43.6 Å². The minimum atomic E-state index is -4.70. The molecule has 0 saturated carbocycles. The summed E-state index contributed by atoms with van der Waals surface area (Å²) in [7, 11) is 0. The van der Waals surface area contributed by atoms with Crippen molar-refractivity contribution in [3.63, 3.8) is 0 Å². The van der Waals surface area contributed by atoms with Gasteiger partial charge in [-0.05, 0) is 51.4 Å². The number of benzene rings is 1. The van der Waals surface area contributed by atoms with Gasteiger partial charge in [0.25, 0.3) is 0 Å². The average Bonchev–Trinajstić information content (AvgIpc) is 3.58. The summed E-state index contributed by atoms with van der Waals surface area (Å²) in [5.41, 5.74) is -0.732. The highest BCUT2D eigenvalue weighted by atomic mass is 35.5. The molecule has 2 saturated heterocycles. The number of carbonyl (C=O) groups excluding carboxylic acids is 1. The summed E-state index contributed by atoms with van der Waals surface area (Å²) < 4.78 is 60.0. The molecule has 0 amide bonds. The first-order valence-corrected chi connectivity index (χ1v) is 15.7. The molecule has 3 aromatic rings. The summed E-state index contributed by atoms with van der Waals surface area (Å²) in [6.07, 6.45) is -0.930. The molecule has 2 aromatic heterocycles. The van der Waals surface area contributed by atoms with Gasteiger partial charge in [-0.3, -0.25) is 14.6 Å². The molecule has 5 rings (SSSR count). The Hall–Kier alpha value is -3.07. The molecule has 0 spiro atoms. The number of esters is 1. The molecule has 1 atom stereocenters. The van der Waals surface area contributed by atoms with Crippen molar-refractivity contribution < 1.29 is 27.1 Å². The van der Waals surface area contributed by atoms with Crippen LogP contribution in [-0.4, -0.2) is 82.6 Å². The second-order valence-electron chi connectivity index (χ2n) is 10.8. The minimum absolute atomic E-state index is 0.0544. The zero-order valence-corrected chi connectivity index (χ0v) is 26.0. The smallest absolute Gasteiger partial charge is 0.416 e. The number of nitrogens with one attached hydrogen (secondary N) is 1. The van der Waals surface area contributed by atoms with E-state index in [-0.39, 0.29) is 22.2 Å². The zero-order valence-electron chi connectivity index (χ0n) is 24.5. The summed E-state index contributed by atoms with van der Waals surface area (Å²) in [6.45, 7) is 8.89. The molecule has 2 fully saturated rings. The van der Waals surface area contributed by atoms with E-state index in [4.69, 9.17) is 16.3 Å². The van der Waals surface area contributed by atoms with Crippen LogP contribution < -0.4 is 10.2 Å². The van der Waals surface area contributed by atoms with Crippen molar-refractivity contribution in [3.8, 4) is 11.3 Å². The Balaban J connectivity index is 1.36. The number of thiazole rings is 1. The molecule has 2 aliphatic heterocycles. The number of anilines is 3. The van der Waals surface area contributed by atoms with E-state index >= 15 is 0 Å². The number of piperazine rings is 1. The van der Waals surface area contributed by atoms with E-state index in [0.717, 1.165) is 31.5 Å². The number of nitrogens with zero attached hydrogens (tertiary/aromatic N) is 6. The molecule has 0 radical (unpaired) electrons. The fraction of sp³-hybridized carbons (Fsp3) is 0.517. The lowest BCUT2D eigenvalue weighted by Crippen LogP contribution is -2.47. The van der Waals surface area contributed by atoms with Crippen molar-refractivity contribution in [2.24, 2.45) is 0 Å². The van der Waals surface area contributed by atoms with Gasteiger partial charge < -0.3 is 15.0 Å². The monoisotopic (exact) mass is 655 g/mol. The normalized spacial score (nSPS) is 18.2. The maximum atomic E-state index is 14.4. The zero-order chi connectivity index (χ0) is 31.4. The van der Waals surface area contributed by atoms with Gasteiger partial charge in [0.05, 0.1) is 24.3 Å². The second-order valence-corrected chi connectivity index (χ2v) is 12.3. The molecule has 1 N–H and O–H groups in total. The summed E-state index contributed by atoms with van der Waals surface area (Å²) in [5.74, 6) is -0.358. The van der Waals surface area contributed by atoms with Gasteiger partial charge in [-0.2, -0.15) is 13.2 Å². The number of hydrogen-bond acceptors (Lipinski definition) is 10. The van der Waals surface area contributed by atoms with Crippen LogP contribution >= 0.6 is 22.9 Å². The van der Waals surface area contributed by atoms with Crippen molar-refractivity contribution in [1.29, 1.82) is 0 Å². The van der Waals surface area contributed by atoms with E-state index < -0.39 is 17.6 Å². The molecule has 0 aliphatic carbocycles. The van der Waals surface area contributed by atoms with Crippen molar-refractivity contribution in [3.05, 3.63) is 45.8 Å². The SMILES string of the molecule is CCOC(=O)CCN1CCN(c2ncnc(Nc3nc(-c4cc(F)cc(C(F)(F)F)c4)c(CN4CCC[C@H]4C)s3)c2Cl)CC1. The first kappa shape index (κ1) is 32.3. The molecule has 2 aliphatic rings. The van der Waals surface area contributed by atoms with Gasteiger partial charge >= 0.3 is 12.1 Å². The molecule has 0 bridgehead atoms. The molecular formula is C29H34ClF4N7O2S. The Morgan fingerprint density at radius 1 is 1.16 bits per heavy atom. The Bertz CT molecular complexity index is 1470. The fourth-order valence-electron chi connectivity index (χ4n) is 5.48. The predicted octanol–water partition coefficient (Wildman–Crippen LogP) is 6.21. The van der Waals surface area contributed by atoms with Gasteiger partial charge in [-0.15, -0.1) is 0 Å². The van der Waals surface area contributed by atoms with Gasteiger partial charge in [0.1, 0.15) is 17.2 Å². The van der Waals surface area contributed by atoms with E-state index in [1.54, 1.807) is 6.92 Å². The highest BCUT2D eigenvalue weighted by molar-refractivity contribution is 7.16.